The Hall–Kier alpha value is -2.65. The van der Waals surface area contributed by atoms with Gasteiger partial charge in [-0.1, -0.05) is 0 Å². The first kappa shape index (κ1) is 25.6. The van der Waals surface area contributed by atoms with Crippen molar-refractivity contribution in [2.75, 3.05) is 6.54 Å². The molecule has 11 heteroatoms. The maximum atomic E-state index is 13.5. The molecule has 170 valence electrons. The molecule has 2 rings (SSSR count). The normalized spacial score (nSPS) is 18.7. The molecule has 0 unspecified atom stereocenters. The van der Waals surface area contributed by atoms with Crippen LogP contribution in [0.2, 0.25) is 6.82 Å². The van der Waals surface area contributed by atoms with Gasteiger partial charge in [0.05, 0.1) is 0 Å². The Balaban J connectivity index is 2.29. The molecule has 0 aromatic heterocycles. The van der Waals surface area contributed by atoms with E-state index in [0.29, 0.717) is 12.7 Å². The number of benzene rings is 1. The Morgan fingerprint density at radius 1 is 1.34 bits per heavy atom. The van der Waals surface area contributed by atoms with Crippen molar-refractivity contribution in [1.29, 1.82) is 0 Å². The van der Waals surface area contributed by atoms with E-state index in [1.54, 1.807) is 39.8 Å². The van der Waals surface area contributed by atoms with Crippen LogP contribution in [0.4, 0.5) is 0 Å². The first-order valence-corrected chi connectivity index (χ1v) is 10.5. The van der Waals surface area contributed by atoms with Crippen LogP contribution in [0.25, 0.3) is 0 Å². The van der Waals surface area contributed by atoms with Gasteiger partial charge in [0.25, 0.3) is 0 Å². The second-order valence-electron chi connectivity index (χ2n) is 9.19. The van der Waals surface area contributed by atoms with Crippen LogP contribution >= 0.6 is 0 Å². The minimum atomic E-state index is -1.08. The van der Waals surface area contributed by atoms with Crippen LogP contribution in [0, 0.1) is 12.8 Å². The van der Waals surface area contributed by atoms with Gasteiger partial charge in [0.2, 0.25) is 0 Å². The minimum absolute atomic E-state index is 0.0902. The number of hydrogen-bond donors (Lipinski definition) is 3. The fraction of sp³-hybridized carbons (Fsp3) is 0.524. The van der Waals surface area contributed by atoms with Gasteiger partial charge in [0.1, 0.15) is 0 Å². The first-order chi connectivity index (χ1) is 14.8. The summed E-state index contributed by atoms with van der Waals surface area (Å²) in [6, 6.07) is 6.29. The van der Waals surface area contributed by atoms with E-state index in [1.807, 2.05) is 19.1 Å². The molecule has 1 aromatic rings. The summed E-state index contributed by atoms with van der Waals surface area (Å²) in [4.78, 5) is 44.2. The third kappa shape index (κ3) is 5.39. The average Bonchev–Trinajstić information content (AvgIpc) is 2.69. The van der Waals surface area contributed by atoms with E-state index in [4.69, 9.17) is 0 Å². The number of rotatable bonds is 9. The zero-order chi connectivity index (χ0) is 24.3. The van der Waals surface area contributed by atoms with Crippen molar-refractivity contribution in [3.63, 3.8) is 0 Å². The fourth-order valence-corrected chi connectivity index (χ4v) is 3.82. The number of nitrogens with one attached hydrogen (secondary N) is 2. The molecule has 1 fully saturated rings. The van der Waals surface area contributed by atoms with Crippen LogP contribution in [0.1, 0.15) is 43.6 Å². The van der Waals surface area contributed by atoms with Crippen LogP contribution in [-0.2, 0) is 14.3 Å². The summed E-state index contributed by atoms with van der Waals surface area (Å²) < 4.78 is 10.7. The molecule has 2 atom stereocenters. The van der Waals surface area contributed by atoms with E-state index >= 15 is 0 Å². The zero-order valence-electron chi connectivity index (χ0n) is 19.4. The van der Waals surface area contributed by atoms with Crippen LogP contribution < -0.4 is 10.5 Å². The van der Waals surface area contributed by atoms with Crippen molar-refractivity contribution in [1.82, 2.24) is 15.4 Å². The molecule has 1 aliphatic heterocycles. The first-order valence-electron chi connectivity index (χ1n) is 10.5. The predicted molar refractivity (Wildman–Crippen MR) is 123 cm³/mol. The molecule has 1 aromatic carbocycles. The molecule has 0 radical (unpaired) electrons. The Morgan fingerprint density at radius 2 is 1.94 bits per heavy atom. The molecule has 1 aliphatic rings. The monoisotopic (exact) mass is 440 g/mol. The number of aliphatic imine (C=N–C) groups is 1. The number of nitrogens with zero attached hydrogens (tertiary/aromatic N) is 2. The molecule has 3 amide bonds. The second-order valence-corrected chi connectivity index (χ2v) is 9.19. The molecule has 0 spiro atoms. The summed E-state index contributed by atoms with van der Waals surface area (Å²) in [7, 11) is -0.417. The molecule has 32 heavy (non-hydrogen) atoms. The summed E-state index contributed by atoms with van der Waals surface area (Å²) in [6.45, 7) is 10.1. The number of aryl methyl sites for hydroxylation is 1. The number of likely N-dealkylation sites (tertiary alicyclic amines) is 1. The van der Waals surface area contributed by atoms with Gasteiger partial charge in [0, 0.05) is 0 Å². The van der Waals surface area contributed by atoms with Crippen LogP contribution in [0.15, 0.2) is 29.3 Å². The number of amides is 3. The number of hydrogen-bond acceptors (Lipinski definition) is 7. The van der Waals surface area contributed by atoms with Gasteiger partial charge in [-0.15, -0.1) is 0 Å². The molecular formula is C21H30B2N4O5. The van der Waals surface area contributed by atoms with E-state index in [2.05, 4.69) is 15.5 Å². The van der Waals surface area contributed by atoms with Crippen molar-refractivity contribution >= 4 is 38.0 Å². The summed E-state index contributed by atoms with van der Waals surface area (Å²) in [5.41, 5.74) is -0.531. The topological polar surface area (TPSA) is 128 Å². The van der Waals surface area contributed by atoms with Gasteiger partial charge in [-0.2, -0.15) is 0 Å². The molecule has 1 heterocycles. The van der Waals surface area contributed by atoms with Crippen molar-refractivity contribution in [2.24, 2.45) is 10.9 Å². The maximum absolute atomic E-state index is 13.5. The van der Waals surface area contributed by atoms with Crippen molar-refractivity contribution in [2.45, 2.75) is 58.6 Å². The summed E-state index contributed by atoms with van der Waals surface area (Å²) in [5.74, 6) is -2.26. The molecule has 3 N–H and O–H groups in total. The fourth-order valence-electron chi connectivity index (χ4n) is 3.82. The molecule has 0 saturated carbocycles. The average molecular weight is 440 g/mol. The number of β-lactam (4-membered cyclic amide) rings is 1. The number of carbonyl (C=O) groups is 3. The van der Waals surface area contributed by atoms with E-state index in [-0.39, 0.29) is 12.5 Å². The summed E-state index contributed by atoms with van der Waals surface area (Å²) in [5, 5.41) is 15.2. The number of imide groups is 1. The second kappa shape index (κ2) is 9.87. The third-order valence-electron chi connectivity index (χ3n) is 5.75. The predicted octanol–water partition coefficient (Wildman–Crippen LogP) is 0.414. The van der Waals surface area contributed by atoms with Gasteiger partial charge in [-0.3, -0.25) is 0 Å². The van der Waals surface area contributed by atoms with Gasteiger partial charge < -0.3 is 0 Å². The van der Waals surface area contributed by atoms with Crippen LogP contribution in [-0.4, -0.2) is 71.6 Å². The summed E-state index contributed by atoms with van der Waals surface area (Å²) in [6.07, 6.45) is 1.04. The molecule has 0 aliphatic carbocycles. The Labute approximate surface area is 189 Å². The van der Waals surface area contributed by atoms with E-state index < -0.39 is 41.9 Å². The van der Waals surface area contributed by atoms with E-state index in [1.165, 1.54) is 6.82 Å². The van der Waals surface area contributed by atoms with Gasteiger partial charge >= 0.3 is 189 Å². The molecular weight excluding hydrogens is 410 g/mol. The molecule has 9 nitrogen and oxygen atoms in total. The standard InChI is InChI=1S/C21H30B2N4O5/c1-13-7-9-14(10-8-13)17(28)25-20(2,3)15(11-24-12-22-31)18(29)27-19(30)16(21(27,4)5)26-23(6)32/h7-10,12,15-16,26,32H,11H2,1-6H3,(H,25,28)/b24-12-/t15-,16-/m0/s1. The van der Waals surface area contributed by atoms with Crippen LogP contribution in [0.5, 0.6) is 0 Å². The Kier molecular flexibility index (Phi) is 7.90. The van der Waals surface area contributed by atoms with E-state index in [9.17, 15) is 24.1 Å². The van der Waals surface area contributed by atoms with Gasteiger partial charge in [0.15, 0.2) is 0 Å². The Morgan fingerprint density at radius 3 is 2.44 bits per heavy atom. The molecule has 1 saturated heterocycles. The molecule has 0 bridgehead atoms. The Bertz CT molecular complexity index is 915. The van der Waals surface area contributed by atoms with Gasteiger partial charge in [-0.05, 0) is 0 Å². The third-order valence-corrected chi connectivity index (χ3v) is 5.75. The van der Waals surface area contributed by atoms with Gasteiger partial charge in [-0.25, -0.2) is 0 Å². The van der Waals surface area contributed by atoms with Crippen LogP contribution in [0.3, 0.4) is 0 Å². The van der Waals surface area contributed by atoms with E-state index in [0.717, 1.165) is 16.6 Å². The SMILES string of the molecule is CB(O)N[C@H]1C(=O)N(C(=O)[C@H](C/N=C\B=O)C(C)(C)NC(=O)c2ccc(C)cc2)C1(C)C. The van der Waals surface area contributed by atoms with Crippen molar-refractivity contribution < 1.29 is 24.1 Å². The summed E-state index contributed by atoms with van der Waals surface area (Å²) >= 11 is 0. The quantitative estimate of drug-likeness (QED) is 0.290. The zero-order valence-corrected chi connectivity index (χ0v) is 19.4. The van der Waals surface area contributed by atoms with Crippen molar-refractivity contribution in [3.05, 3.63) is 35.4 Å². The number of carbonyl (C=O) groups excluding carboxylic acids is 3. The van der Waals surface area contributed by atoms with Crippen molar-refractivity contribution in [3.8, 4) is 0 Å².